The van der Waals surface area contributed by atoms with Gasteiger partial charge >= 0.3 is 0 Å². The minimum Gasteiger partial charge on any atom is -0.508 e. The van der Waals surface area contributed by atoms with Gasteiger partial charge in [0.25, 0.3) is 0 Å². The first-order valence-electron chi connectivity index (χ1n) is 8.09. The summed E-state index contributed by atoms with van der Waals surface area (Å²) in [5, 5.41) is 18.9. The number of thioether (sulfide) groups is 1. The first-order valence-corrected chi connectivity index (χ1v) is 9.08. The number of anilines is 1. The molecule has 4 rings (SSSR count). The number of Topliss-reactive ketones (excluding diaryl/α,β-unsaturated/α-hetero) is 1. The van der Waals surface area contributed by atoms with Gasteiger partial charge in [-0.25, -0.2) is 4.68 Å². The van der Waals surface area contributed by atoms with Crippen LogP contribution in [0.4, 0.5) is 5.95 Å². The Morgan fingerprint density at radius 1 is 1.38 bits per heavy atom. The van der Waals surface area contributed by atoms with Crippen LogP contribution in [-0.2, 0) is 4.79 Å². The lowest BCUT2D eigenvalue weighted by Crippen LogP contribution is -2.31. The number of aromatic nitrogens is 3. The van der Waals surface area contributed by atoms with Gasteiger partial charge in [-0.1, -0.05) is 36.9 Å². The second-order valence-corrected chi connectivity index (χ2v) is 7.08. The third kappa shape index (κ3) is 2.39. The molecule has 1 aromatic carbocycles. The van der Waals surface area contributed by atoms with Crippen LogP contribution in [0.25, 0.3) is 0 Å². The number of hydrogen-bond donors (Lipinski definition) is 2. The second-order valence-electron chi connectivity index (χ2n) is 5.85. The van der Waals surface area contributed by atoms with E-state index < -0.39 is 6.04 Å². The Balaban J connectivity index is 1.91. The van der Waals surface area contributed by atoms with Gasteiger partial charge in [-0.2, -0.15) is 4.98 Å². The van der Waals surface area contributed by atoms with Gasteiger partial charge in [-0.3, -0.25) is 4.79 Å². The zero-order valence-electron chi connectivity index (χ0n) is 13.3. The van der Waals surface area contributed by atoms with E-state index in [1.54, 1.807) is 28.6 Å². The van der Waals surface area contributed by atoms with Crippen LogP contribution in [0, 0.1) is 0 Å². The van der Waals surface area contributed by atoms with Crippen molar-refractivity contribution in [2.45, 2.75) is 37.4 Å². The van der Waals surface area contributed by atoms with Crippen LogP contribution in [0.3, 0.4) is 0 Å². The molecule has 0 spiro atoms. The number of hydrogen-bond acceptors (Lipinski definition) is 6. The number of phenols is 1. The molecule has 1 atom stereocenters. The van der Waals surface area contributed by atoms with Crippen LogP contribution in [0.2, 0.25) is 0 Å². The number of carbonyl (C=O) groups is 1. The number of fused-ring (bicyclic) bond motifs is 1. The summed E-state index contributed by atoms with van der Waals surface area (Å²) in [4.78, 5) is 17.2. The van der Waals surface area contributed by atoms with Gasteiger partial charge < -0.3 is 10.4 Å². The van der Waals surface area contributed by atoms with Gasteiger partial charge in [-0.15, -0.1) is 5.10 Å². The Bertz CT molecular complexity index is 843. The summed E-state index contributed by atoms with van der Waals surface area (Å²) in [6, 6.07) is 6.70. The molecular formula is C17H18N4O2S. The summed E-state index contributed by atoms with van der Waals surface area (Å²) < 4.78 is 1.73. The van der Waals surface area contributed by atoms with E-state index >= 15 is 0 Å². The topological polar surface area (TPSA) is 80.0 Å². The highest BCUT2D eigenvalue weighted by atomic mass is 32.2. The standard InChI is InChI=1S/C17H18N4O2S/c1-2-24-17-19-16-18-11-7-5-9-13(23)14(11)15(21(16)20-17)10-6-3-4-8-12(10)22/h3-4,6,8,15,22H,2,5,7,9H2,1H3,(H,18,19,20). The average molecular weight is 342 g/mol. The van der Waals surface area contributed by atoms with Gasteiger partial charge in [0.1, 0.15) is 11.8 Å². The van der Waals surface area contributed by atoms with E-state index in [9.17, 15) is 9.90 Å². The number of nitrogens with zero attached hydrogens (tertiary/aromatic N) is 3. The lowest BCUT2D eigenvalue weighted by atomic mass is 9.85. The second kappa shape index (κ2) is 5.98. The number of para-hydroxylation sites is 1. The molecule has 1 aliphatic carbocycles. The zero-order valence-corrected chi connectivity index (χ0v) is 14.1. The highest BCUT2D eigenvalue weighted by molar-refractivity contribution is 7.99. The molecule has 1 aliphatic heterocycles. The summed E-state index contributed by atoms with van der Waals surface area (Å²) in [5.74, 6) is 1.79. The van der Waals surface area contributed by atoms with Crippen molar-refractivity contribution in [1.29, 1.82) is 0 Å². The number of aromatic hydroxyl groups is 1. The van der Waals surface area contributed by atoms with Gasteiger partial charge in [0.15, 0.2) is 5.78 Å². The Labute approximate surface area is 144 Å². The number of phenolic OH excluding ortho intramolecular Hbond substituents is 1. The molecule has 0 saturated carbocycles. The minimum absolute atomic E-state index is 0.114. The number of ketones is 1. The predicted molar refractivity (Wildman–Crippen MR) is 92.2 cm³/mol. The largest absolute Gasteiger partial charge is 0.508 e. The van der Waals surface area contributed by atoms with E-state index in [1.807, 2.05) is 19.1 Å². The maximum absolute atomic E-state index is 12.6. The molecule has 124 valence electrons. The maximum Gasteiger partial charge on any atom is 0.227 e. The highest BCUT2D eigenvalue weighted by Crippen LogP contribution is 2.42. The molecular weight excluding hydrogens is 324 g/mol. The first-order chi connectivity index (χ1) is 11.7. The molecule has 2 aliphatic rings. The van der Waals surface area contributed by atoms with Crippen LogP contribution >= 0.6 is 11.8 Å². The van der Waals surface area contributed by atoms with Crippen LogP contribution < -0.4 is 5.32 Å². The molecule has 2 N–H and O–H groups in total. The number of nitrogens with one attached hydrogen (secondary N) is 1. The van der Waals surface area contributed by atoms with E-state index in [2.05, 4.69) is 15.4 Å². The lowest BCUT2D eigenvalue weighted by Gasteiger charge is -2.32. The van der Waals surface area contributed by atoms with Crippen LogP contribution in [-0.4, -0.2) is 31.4 Å². The summed E-state index contributed by atoms with van der Waals surface area (Å²) >= 11 is 1.56. The fourth-order valence-electron chi connectivity index (χ4n) is 3.33. The van der Waals surface area contributed by atoms with Gasteiger partial charge in [0.2, 0.25) is 11.1 Å². The summed E-state index contributed by atoms with van der Waals surface area (Å²) in [6.45, 7) is 2.05. The number of allylic oxidation sites excluding steroid dienone is 2. The summed E-state index contributed by atoms with van der Waals surface area (Å²) in [7, 11) is 0. The van der Waals surface area contributed by atoms with Crippen molar-refractivity contribution in [2.75, 3.05) is 11.1 Å². The Morgan fingerprint density at radius 2 is 2.21 bits per heavy atom. The van der Waals surface area contributed by atoms with Crippen molar-refractivity contribution < 1.29 is 9.90 Å². The molecule has 0 amide bonds. The van der Waals surface area contributed by atoms with Crippen molar-refractivity contribution in [3.05, 3.63) is 41.1 Å². The van der Waals surface area contributed by atoms with E-state index in [0.29, 0.717) is 28.7 Å². The molecule has 0 radical (unpaired) electrons. The van der Waals surface area contributed by atoms with Crippen molar-refractivity contribution in [3.63, 3.8) is 0 Å². The average Bonchev–Trinajstić information content (AvgIpc) is 2.96. The normalized spacial score (nSPS) is 19.7. The Hall–Kier alpha value is -2.28. The minimum atomic E-state index is -0.427. The smallest absolute Gasteiger partial charge is 0.227 e. The molecule has 0 fully saturated rings. The molecule has 1 aromatic heterocycles. The molecule has 2 aromatic rings. The van der Waals surface area contributed by atoms with Crippen molar-refractivity contribution in [3.8, 4) is 5.75 Å². The number of carbonyl (C=O) groups excluding carboxylic acids is 1. The highest BCUT2D eigenvalue weighted by Gasteiger charge is 2.37. The van der Waals surface area contributed by atoms with Gasteiger partial charge in [0, 0.05) is 23.3 Å². The predicted octanol–water partition coefficient (Wildman–Crippen LogP) is 3.12. The van der Waals surface area contributed by atoms with Crippen molar-refractivity contribution in [2.24, 2.45) is 0 Å². The Morgan fingerprint density at radius 3 is 3.00 bits per heavy atom. The summed E-state index contributed by atoms with van der Waals surface area (Å²) in [6.07, 6.45) is 2.18. The first kappa shape index (κ1) is 15.3. The van der Waals surface area contributed by atoms with E-state index in [4.69, 9.17) is 0 Å². The van der Waals surface area contributed by atoms with E-state index in [0.717, 1.165) is 24.3 Å². The third-order valence-corrected chi connectivity index (χ3v) is 5.07. The van der Waals surface area contributed by atoms with E-state index in [1.165, 1.54) is 0 Å². The molecule has 7 heteroatoms. The quantitative estimate of drug-likeness (QED) is 0.834. The SMILES string of the molecule is CCSc1nc2n(n1)C(c1ccccc1O)C1=C(CCCC1=O)N2. The molecule has 1 unspecified atom stereocenters. The van der Waals surface area contributed by atoms with Crippen LogP contribution in [0.1, 0.15) is 37.8 Å². The lowest BCUT2D eigenvalue weighted by molar-refractivity contribution is -0.116. The van der Waals surface area contributed by atoms with Crippen LogP contribution in [0.15, 0.2) is 40.7 Å². The molecule has 2 heterocycles. The van der Waals surface area contributed by atoms with Gasteiger partial charge in [-0.05, 0) is 24.7 Å². The molecule has 24 heavy (non-hydrogen) atoms. The number of benzene rings is 1. The fraction of sp³-hybridized carbons (Fsp3) is 0.353. The van der Waals surface area contributed by atoms with E-state index in [-0.39, 0.29) is 11.5 Å². The van der Waals surface area contributed by atoms with Crippen molar-refractivity contribution >= 4 is 23.5 Å². The van der Waals surface area contributed by atoms with Gasteiger partial charge in [0.05, 0.1) is 0 Å². The summed E-state index contributed by atoms with van der Waals surface area (Å²) in [5.41, 5.74) is 2.29. The monoisotopic (exact) mass is 342 g/mol. The van der Waals surface area contributed by atoms with Crippen molar-refractivity contribution in [1.82, 2.24) is 14.8 Å². The molecule has 0 saturated heterocycles. The third-order valence-electron chi connectivity index (χ3n) is 4.35. The fourth-order valence-corrected chi connectivity index (χ4v) is 3.89. The Kier molecular flexibility index (Phi) is 3.80. The maximum atomic E-state index is 12.6. The van der Waals surface area contributed by atoms with Crippen LogP contribution in [0.5, 0.6) is 5.75 Å². The zero-order chi connectivity index (χ0) is 16.7. The molecule has 6 nitrogen and oxygen atoms in total. The molecule has 0 bridgehead atoms. The number of rotatable bonds is 3.